The van der Waals surface area contributed by atoms with Crippen molar-refractivity contribution in [3.8, 4) is 34.3 Å². The van der Waals surface area contributed by atoms with Crippen LogP contribution in [0.15, 0.2) is 59.4 Å². The average molecular weight is 522 g/mol. The predicted molar refractivity (Wildman–Crippen MR) is 142 cm³/mol. The second-order valence-electron chi connectivity index (χ2n) is 10.2. The SMILES string of the molecule is Cc1cc(-c2cc3c(-c4ccc(N5CC6CC(C5)N6Cc5cc(F)ccc5O)nc4)c(C#N)cnc3[nH]2)no1. The van der Waals surface area contributed by atoms with Crippen molar-refractivity contribution in [1.29, 1.82) is 5.26 Å². The lowest BCUT2D eigenvalue weighted by Gasteiger charge is -2.56. The Hall–Kier alpha value is -4.75. The molecule has 2 N–H and O–H groups in total. The number of phenolic OH excluding ortho intramolecular Hbond substituents is 1. The summed E-state index contributed by atoms with van der Waals surface area (Å²) in [6, 6.07) is 14.8. The molecule has 2 atom stereocenters. The number of H-pyrrole nitrogens is 1. The highest BCUT2D eigenvalue weighted by Gasteiger charge is 2.44. The van der Waals surface area contributed by atoms with Gasteiger partial charge in [0, 0.05) is 72.3 Å². The van der Waals surface area contributed by atoms with Gasteiger partial charge >= 0.3 is 0 Å². The third-order valence-corrected chi connectivity index (χ3v) is 7.78. The number of benzene rings is 1. The maximum Gasteiger partial charge on any atom is 0.138 e. The quantitative estimate of drug-likeness (QED) is 0.340. The number of phenols is 1. The third kappa shape index (κ3) is 3.99. The molecule has 39 heavy (non-hydrogen) atoms. The van der Waals surface area contributed by atoms with Crippen molar-refractivity contribution < 1.29 is 14.0 Å². The van der Waals surface area contributed by atoms with Crippen LogP contribution < -0.4 is 4.90 Å². The van der Waals surface area contributed by atoms with Gasteiger partial charge in [0.1, 0.15) is 40.6 Å². The Morgan fingerprint density at radius 2 is 1.97 bits per heavy atom. The highest BCUT2D eigenvalue weighted by molar-refractivity contribution is 5.98. The maximum atomic E-state index is 13.7. The minimum absolute atomic E-state index is 0.128. The van der Waals surface area contributed by atoms with Gasteiger partial charge in [0.05, 0.1) is 11.3 Å². The van der Waals surface area contributed by atoms with Crippen molar-refractivity contribution in [3.63, 3.8) is 0 Å². The molecule has 0 spiro atoms. The molecule has 2 bridgehead atoms. The van der Waals surface area contributed by atoms with E-state index < -0.39 is 0 Å². The molecule has 10 heteroatoms. The standard InChI is InChI=1S/C29H24FN7O2/c1-16-6-25(35-39-16)24-9-23-28(19(10-31)12-33-29(23)34-24)17-2-5-27(32-11-17)36-14-21-8-22(15-36)37(21)13-18-7-20(30)3-4-26(18)38/h2-7,9,11-12,21-22,38H,8,13-15H2,1H3,(H,33,34). The third-order valence-electron chi connectivity index (χ3n) is 7.78. The number of hydrogen-bond acceptors (Lipinski definition) is 8. The lowest BCUT2D eigenvalue weighted by Crippen LogP contribution is -2.68. The number of aromatic nitrogens is 4. The molecule has 3 aliphatic heterocycles. The summed E-state index contributed by atoms with van der Waals surface area (Å²) in [5.74, 6) is 1.37. The largest absolute Gasteiger partial charge is 0.508 e. The van der Waals surface area contributed by atoms with E-state index in [2.05, 4.69) is 31.0 Å². The summed E-state index contributed by atoms with van der Waals surface area (Å²) in [5.41, 5.74) is 4.78. The highest BCUT2D eigenvalue weighted by Crippen LogP contribution is 2.38. The van der Waals surface area contributed by atoms with Crippen LogP contribution in [0.1, 0.15) is 23.3 Å². The molecule has 3 fully saturated rings. The van der Waals surface area contributed by atoms with Gasteiger partial charge in [-0.3, -0.25) is 4.90 Å². The maximum absolute atomic E-state index is 13.7. The second kappa shape index (κ2) is 8.92. The highest BCUT2D eigenvalue weighted by atomic mass is 19.1. The number of anilines is 1. The zero-order chi connectivity index (χ0) is 26.7. The molecule has 7 heterocycles. The number of nitriles is 1. The van der Waals surface area contributed by atoms with Crippen LogP contribution in [-0.2, 0) is 6.54 Å². The molecule has 0 radical (unpaired) electrons. The summed E-state index contributed by atoms with van der Waals surface area (Å²) in [6.07, 6.45) is 4.45. The Balaban J connectivity index is 1.13. The van der Waals surface area contributed by atoms with Crippen LogP contribution in [-0.4, -0.2) is 55.3 Å². The molecule has 0 amide bonds. The number of nitrogens with zero attached hydrogens (tertiary/aromatic N) is 6. The second-order valence-corrected chi connectivity index (χ2v) is 10.2. The fraction of sp³-hybridized carbons (Fsp3) is 0.241. The van der Waals surface area contributed by atoms with Crippen molar-refractivity contribution in [3.05, 3.63) is 77.6 Å². The van der Waals surface area contributed by atoms with Crippen molar-refractivity contribution in [2.24, 2.45) is 0 Å². The molecule has 3 aliphatic rings. The molecule has 5 aromatic rings. The number of nitrogens with one attached hydrogen (secondary N) is 1. The Kier molecular flexibility index (Phi) is 5.35. The van der Waals surface area contributed by atoms with Crippen LogP contribution in [0.5, 0.6) is 5.75 Å². The molecule has 9 nitrogen and oxygen atoms in total. The Labute approximate surface area is 223 Å². The summed E-state index contributed by atoms with van der Waals surface area (Å²) in [4.78, 5) is 17.1. The first kappa shape index (κ1) is 23.4. The topological polar surface area (TPSA) is 118 Å². The number of halogens is 1. The van der Waals surface area contributed by atoms with E-state index in [-0.39, 0.29) is 11.6 Å². The summed E-state index contributed by atoms with van der Waals surface area (Å²) in [5, 5.41) is 24.9. The molecule has 0 saturated carbocycles. The molecule has 4 aromatic heterocycles. The number of hydrogen-bond donors (Lipinski definition) is 2. The Morgan fingerprint density at radius 1 is 1.13 bits per heavy atom. The van der Waals surface area contributed by atoms with Gasteiger partial charge in [0.2, 0.25) is 0 Å². The number of aromatic hydroxyl groups is 1. The van der Waals surface area contributed by atoms with Crippen molar-refractivity contribution in [1.82, 2.24) is 25.0 Å². The number of piperidine rings is 1. The molecule has 194 valence electrons. The lowest BCUT2D eigenvalue weighted by atomic mass is 9.86. The van der Waals surface area contributed by atoms with Crippen molar-refractivity contribution >= 4 is 16.9 Å². The summed E-state index contributed by atoms with van der Waals surface area (Å²) >= 11 is 0. The van der Waals surface area contributed by atoms with Gasteiger partial charge in [-0.1, -0.05) is 5.16 Å². The van der Waals surface area contributed by atoms with Crippen molar-refractivity contribution in [2.45, 2.75) is 32.0 Å². The van der Waals surface area contributed by atoms with Gasteiger partial charge in [-0.15, -0.1) is 0 Å². The molecule has 0 aliphatic carbocycles. The van der Waals surface area contributed by atoms with Gasteiger partial charge < -0.3 is 19.5 Å². The van der Waals surface area contributed by atoms with Crippen LogP contribution in [0.2, 0.25) is 0 Å². The van der Waals surface area contributed by atoms with E-state index in [4.69, 9.17) is 9.51 Å². The molecule has 3 saturated heterocycles. The zero-order valence-electron chi connectivity index (χ0n) is 21.1. The van der Waals surface area contributed by atoms with E-state index >= 15 is 0 Å². The Morgan fingerprint density at radius 3 is 2.69 bits per heavy atom. The monoisotopic (exact) mass is 521 g/mol. The smallest absolute Gasteiger partial charge is 0.138 e. The fourth-order valence-corrected chi connectivity index (χ4v) is 5.83. The first-order chi connectivity index (χ1) is 19.0. The van der Waals surface area contributed by atoms with E-state index in [9.17, 15) is 14.8 Å². The number of fused-ring (bicyclic) bond motifs is 3. The number of rotatable bonds is 5. The minimum Gasteiger partial charge on any atom is -0.508 e. The minimum atomic E-state index is -0.338. The average Bonchev–Trinajstić information content (AvgIpc) is 3.59. The van der Waals surface area contributed by atoms with Gasteiger partial charge in [0.25, 0.3) is 0 Å². The van der Waals surface area contributed by atoms with Gasteiger partial charge in [-0.05, 0) is 49.7 Å². The van der Waals surface area contributed by atoms with E-state index in [1.54, 1.807) is 12.4 Å². The molecular weight excluding hydrogens is 497 g/mol. The van der Waals surface area contributed by atoms with Crippen LogP contribution in [0, 0.1) is 24.1 Å². The molecule has 8 rings (SSSR count). The number of aromatic amines is 1. The van der Waals surface area contributed by atoms with Gasteiger partial charge in [-0.25, -0.2) is 14.4 Å². The summed E-state index contributed by atoms with van der Waals surface area (Å²) in [6.45, 7) is 3.98. The van der Waals surface area contributed by atoms with Crippen molar-refractivity contribution in [2.75, 3.05) is 18.0 Å². The van der Waals surface area contributed by atoms with E-state index in [0.717, 1.165) is 47.5 Å². The van der Waals surface area contributed by atoms with Crippen LogP contribution >= 0.6 is 0 Å². The lowest BCUT2D eigenvalue weighted by molar-refractivity contribution is -0.00921. The van der Waals surface area contributed by atoms with Gasteiger partial charge in [0.15, 0.2) is 0 Å². The van der Waals surface area contributed by atoms with Crippen LogP contribution in [0.25, 0.3) is 33.5 Å². The van der Waals surface area contributed by atoms with E-state index in [1.807, 2.05) is 31.2 Å². The van der Waals surface area contributed by atoms with Gasteiger partial charge in [-0.2, -0.15) is 5.26 Å². The summed E-state index contributed by atoms with van der Waals surface area (Å²) < 4.78 is 18.9. The first-order valence-corrected chi connectivity index (χ1v) is 12.8. The zero-order valence-corrected chi connectivity index (χ0v) is 21.1. The number of piperazine rings is 1. The summed E-state index contributed by atoms with van der Waals surface area (Å²) in [7, 11) is 0. The predicted octanol–water partition coefficient (Wildman–Crippen LogP) is 4.77. The van der Waals surface area contributed by atoms with Crippen LogP contribution in [0.4, 0.5) is 10.2 Å². The normalized spacial score (nSPS) is 18.7. The number of pyridine rings is 2. The Bertz CT molecular complexity index is 1740. The van der Waals surface area contributed by atoms with E-state index in [0.29, 0.717) is 46.9 Å². The van der Waals surface area contributed by atoms with Crippen LogP contribution in [0.3, 0.4) is 0 Å². The first-order valence-electron chi connectivity index (χ1n) is 12.8. The fourth-order valence-electron chi connectivity index (χ4n) is 5.83. The number of aryl methyl sites for hydroxylation is 1. The molecule has 2 unspecified atom stereocenters. The van der Waals surface area contributed by atoms with E-state index in [1.165, 1.54) is 18.2 Å². The molecular formula is C29H24FN7O2. The molecule has 1 aromatic carbocycles.